The van der Waals surface area contributed by atoms with E-state index in [1.54, 1.807) is 36.6 Å². The molecule has 5 nitrogen and oxygen atoms in total. The summed E-state index contributed by atoms with van der Waals surface area (Å²) in [7, 11) is 1.73. The minimum atomic E-state index is -0.126. The molecule has 0 aromatic carbocycles. The van der Waals surface area contributed by atoms with Crippen LogP contribution in [0.4, 0.5) is 5.69 Å². The van der Waals surface area contributed by atoms with Crippen LogP contribution in [0, 0.1) is 0 Å². The Balaban J connectivity index is 2.13. The van der Waals surface area contributed by atoms with E-state index in [0.29, 0.717) is 17.8 Å². The number of hydrogen-bond acceptors (Lipinski definition) is 4. The highest BCUT2D eigenvalue weighted by Crippen LogP contribution is 2.12. The number of nitrogens with two attached hydrogens (primary N) is 1. The normalized spacial score (nSPS) is 10.1. The van der Waals surface area contributed by atoms with Crippen LogP contribution in [-0.4, -0.2) is 27.8 Å². The molecular weight excluding hydrogens is 228 g/mol. The van der Waals surface area contributed by atoms with E-state index in [1.165, 1.54) is 6.20 Å². The van der Waals surface area contributed by atoms with Gasteiger partial charge >= 0.3 is 0 Å². The van der Waals surface area contributed by atoms with E-state index >= 15 is 0 Å². The van der Waals surface area contributed by atoms with E-state index in [9.17, 15) is 4.79 Å². The van der Waals surface area contributed by atoms with Crippen LogP contribution in [0.1, 0.15) is 15.9 Å². The molecule has 0 aliphatic rings. The van der Waals surface area contributed by atoms with Gasteiger partial charge in [0.2, 0.25) is 0 Å². The van der Waals surface area contributed by atoms with Gasteiger partial charge in [0.05, 0.1) is 17.4 Å². The summed E-state index contributed by atoms with van der Waals surface area (Å²) in [6.45, 7) is 0.494. The van der Waals surface area contributed by atoms with Crippen LogP contribution in [0.2, 0.25) is 0 Å². The maximum atomic E-state index is 12.2. The molecule has 2 aromatic heterocycles. The summed E-state index contributed by atoms with van der Waals surface area (Å²) in [5.74, 6) is -0.126. The maximum Gasteiger partial charge on any atom is 0.256 e. The van der Waals surface area contributed by atoms with Crippen LogP contribution in [0.5, 0.6) is 0 Å². The second kappa shape index (κ2) is 5.27. The lowest BCUT2D eigenvalue weighted by atomic mass is 10.2. The number of carbonyl (C=O) groups excluding carboxylic acids is 1. The molecule has 18 heavy (non-hydrogen) atoms. The number of pyridine rings is 2. The van der Waals surface area contributed by atoms with E-state index in [1.807, 2.05) is 12.1 Å². The van der Waals surface area contributed by atoms with Crippen molar-refractivity contribution in [1.29, 1.82) is 0 Å². The van der Waals surface area contributed by atoms with Gasteiger partial charge in [-0.05, 0) is 17.7 Å². The van der Waals surface area contributed by atoms with Crippen LogP contribution in [0.15, 0.2) is 43.0 Å². The molecule has 0 bridgehead atoms. The predicted molar refractivity (Wildman–Crippen MR) is 68.7 cm³/mol. The largest absolute Gasteiger partial charge is 0.397 e. The van der Waals surface area contributed by atoms with Gasteiger partial charge in [0.15, 0.2) is 0 Å². The lowest BCUT2D eigenvalue weighted by Gasteiger charge is -2.17. The second-order valence-corrected chi connectivity index (χ2v) is 3.99. The Bertz CT molecular complexity index is 542. The number of anilines is 1. The molecule has 1 amide bonds. The summed E-state index contributed by atoms with van der Waals surface area (Å²) in [4.78, 5) is 21.6. The van der Waals surface area contributed by atoms with Crippen molar-refractivity contribution in [2.24, 2.45) is 0 Å². The van der Waals surface area contributed by atoms with Gasteiger partial charge in [-0.3, -0.25) is 14.8 Å². The maximum absolute atomic E-state index is 12.2. The summed E-state index contributed by atoms with van der Waals surface area (Å²) in [5, 5.41) is 0. The first-order valence-corrected chi connectivity index (χ1v) is 5.52. The third-order valence-electron chi connectivity index (χ3n) is 2.57. The molecule has 0 fully saturated rings. The second-order valence-electron chi connectivity index (χ2n) is 3.99. The number of amides is 1. The zero-order chi connectivity index (χ0) is 13.0. The number of nitrogens with zero attached hydrogens (tertiary/aromatic N) is 3. The molecule has 2 aromatic rings. The van der Waals surface area contributed by atoms with Gasteiger partial charge in [-0.1, -0.05) is 6.07 Å². The molecule has 92 valence electrons. The van der Waals surface area contributed by atoms with Crippen LogP contribution in [-0.2, 0) is 6.54 Å². The Morgan fingerprint density at radius 3 is 2.72 bits per heavy atom. The average molecular weight is 242 g/mol. The van der Waals surface area contributed by atoms with Gasteiger partial charge in [-0.2, -0.15) is 0 Å². The molecular formula is C13H14N4O. The van der Waals surface area contributed by atoms with Crippen LogP contribution in [0.25, 0.3) is 0 Å². The smallest absolute Gasteiger partial charge is 0.256 e. The molecule has 0 atom stereocenters. The molecule has 0 unspecified atom stereocenters. The summed E-state index contributed by atoms with van der Waals surface area (Å²) in [6.07, 6.45) is 6.47. The standard InChI is InChI=1S/C13H14N4O/c1-17(9-10-3-2-5-15-7-10)13(18)11-4-6-16-8-12(11)14/h2-8H,9,14H2,1H3. The van der Waals surface area contributed by atoms with Crippen LogP contribution >= 0.6 is 0 Å². The Morgan fingerprint density at radius 2 is 2.06 bits per heavy atom. The lowest BCUT2D eigenvalue weighted by molar-refractivity contribution is 0.0786. The van der Waals surface area contributed by atoms with Crippen LogP contribution in [0.3, 0.4) is 0 Å². The van der Waals surface area contributed by atoms with E-state index < -0.39 is 0 Å². The highest BCUT2D eigenvalue weighted by atomic mass is 16.2. The van der Waals surface area contributed by atoms with Gasteiger partial charge in [0.1, 0.15) is 0 Å². The highest BCUT2D eigenvalue weighted by molar-refractivity contribution is 5.98. The van der Waals surface area contributed by atoms with Crippen molar-refractivity contribution in [3.05, 3.63) is 54.1 Å². The zero-order valence-corrected chi connectivity index (χ0v) is 10.1. The number of hydrogen-bond donors (Lipinski definition) is 1. The Labute approximate surface area is 105 Å². The first-order valence-electron chi connectivity index (χ1n) is 5.52. The number of nitrogen functional groups attached to an aromatic ring is 1. The quantitative estimate of drug-likeness (QED) is 0.881. The third kappa shape index (κ3) is 2.63. The molecule has 2 heterocycles. The van der Waals surface area contributed by atoms with Crippen molar-refractivity contribution < 1.29 is 4.79 Å². The van der Waals surface area contributed by atoms with Gasteiger partial charge in [0.25, 0.3) is 5.91 Å². The van der Waals surface area contributed by atoms with E-state index in [0.717, 1.165) is 5.56 Å². The Hall–Kier alpha value is -2.43. The Kier molecular flexibility index (Phi) is 3.52. The summed E-state index contributed by atoms with van der Waals surface area (Å²) >= 11 is 0. The number of carbonyl (C=O) groups is 1. The van der Waals surface area contributed by atoms with Crippen molar-refractivity contribution in [2.75, 3.05) is 12.8 Å². The van der Waals surface area contributed by atoms with Gasteiger partial charge in [-0.15, -0.1) is 0 Å². The van der Waals surface area contributed by atoms with Crippen molar-refractivity contribution in [1.82, 2.24) is 14.9 Å². The monoisotopic (exact) mass is 242 g/mol. The van der Waals surface area contributed by atoms with Crippen molar-refractivity contribution in [3.8, 4) is 0 Å². The van der Waals surface area contributed by atoms with Crippen molar-refractivity contribution in [3.63, 3.8) is 0 Å². The van der Waals surface area contributed by atoms with Crippen molar-refractivity contribution >= 4 is 11.6 Å². The van der Waals surface area contributed by atoms with Gasteiger partial charge in [0, 0.05) is 32.2 Å². The molecule has 2 N–H and O–H groups in total. The number of rotatable bonds is 3. The highest BCUT2D eigenvalue weighted by Gasteiger charge is 2.14. The molecule has 0 spiro atoms. The molecule has 0 aliphatic carbocycles. The van der Waals surface area contributed by atoms with Crippen LogP contribution < -0.4 is 5.73 Å². The Morgan fingerprint density at radius 1 is 1.28 bits per heavy atom. The predicted octanol–water partition coefficient (Wildman–Crippen LogP) is 1.33. The minimum Gasteiger partial charge on any atom is -0.397 e. The molecule has 0 saturated heterocycles. The van der Waals surface area contributed by atoms with Gasteiger partial charge in [-0.25, -0.2) is 0 Å². The molecule has 0 saturated carbocycles. The minimum absolute atomic E-state index is 0.126. The summed E-state index contributed by atoms with van der Waals surface area (Å²) in [6, 6.07) is 5.39. The zero-order valence-electron chi connectivity index (χ0n) is 10.1. The molecule has 0 radical (unpaired) electrons. The molecule has 0 aliphatic heterocycles. The first kappa shape index (κ1) is 12.0. The summed E-state index contributed by atoms with van der Waals surface area (Å²) in [5.41, 5.74) is 7.56. The van der Waals surface area contributed by atoms with E-state index in [2.05, 4.69) is 9.97 Å². The summed E-state index contributed by atoms with van der Waals surface area (Å²) < 4.78 is 0. The topological polar surface area (TPSA) is 72.1 Å². The lowest BCUT2D eigenvalue weighted by Crippen LogP contribution is -2.27. The SMILES string of the molecule is CN(Cc1cccnc1)C(=O)c1ccncc1N. The van der Waals surface area contributed by atoms with E-state index in [4.69, 9.17) is 5.73 Å². The van der Waals surface area contributed by atoms with Crippen molar-refractivity contribution in [2.45, 2.75) is 6.54 Å². The van der Waals surface area contributed by atoms with E-state index in [-0.39, 0.29) is 5.91 Å². The molecule has 5 heteroatoms. The van der Waals surface area contributed by atoms with Gasteiger partial charge < -0.3 is 10.6 Å². The molecule has 2 rings (SSSR count). The third-order valence-corrected chi connectivity index (χ3v) is 2.57. The average Bonchev–Trinajstić information content (AvgIpc) is 2.39. The fourth-order valence-corrected chi connectivity index (χ4v) is 1.64. The fraction of sp³-hybridized carbons (Fsp3) is 0.154. The first-order chi connectivity index (χ1) is 8.68. The number of aromatic nitrogens is 2. The fourth-order valence-electron chi connectivity index (χ4n) is 1.64.